The second-order valence-corrected chi connectivity index (χ2v) is 3.51. The Bertz CT molecular complexity index is 209. The standard InChI is InChI=1S/C7H9BrO4/c1-4(6(9)10)3-12-7(11)5(2)8/h5H,1,3H2,2H3,(H,9,10). The second-order valence-electron chi connectivity index (χ2n) is 2.13. The van der Waals surface area contributed by atoms with Gasteiger partial charge in [-0.2, -0.15) is 0 Å². The second kappa shape index (κ2) is 4.92. The van der Waals surface area contributed by atoms with Gasteiger partial charge in [-0.25, -0.2) is 4.79 Å². The van der Waals surface area contributed by atoms with E-state index in [4.69, 9.17) is 5.11 Å². The predicted molar refractivity (Wildman–Crippen MR) is 46.1 cm³/mol. The number of aliphatic carboxylic acids is 1. The maximum Gasteiger partial charge on any atom is 0.334 e. The van der Waals surface area contributed by atoms with Crippen molar-refractivity contribution in [3.05, 3.63) is 12.2 Å². The minimum absolute atomic E-state index is 0.142. The first-order valence-corrected chi connectivity index (χ1v) is 4.08. The van der Waals surface area contributed by atoms with Crippen LogP contribution in [0.3, 0.4) is 0 Å². The van der Waals surface area contributed by atoms with Crippen molar-refractivity contribution < 1.29 is 19.4 Å². The van der Waals surface area contributed by atoms with Crippen LogP contribution in [0.5, 0.6) is 0 Å². The molecule has 0 aromatic rings. The molecule has 0 amide bonds. The number of ether oxygens (including phenoxy) is 1. The van der Waals surface area contributed by atoms with Gasteiger partial charge in [0.1, 0.15) is 11.4 Å². The van der Waals surface area contributed by atoms with Crippen molar-refractivity contribution >= 4 is 27.9 Å². The van der Waals surface area contributed by atoms with Crippen LogP contribution in [0.15, 0.2) is 12.2 Å². The summed E-state index contributed by atoms with van der Waals surface area (Å²) in [5.41, 5.74) is -0.142. The Hall–Kier alpha value is -0.840. The monoisotopic (exact) mass is 236 g/mol. The molecular formula is C7H9BrO4. The lowest BCUT2D eigenvalue weighted by atomic mass is 10.3. The van der Waals surface area contributed by atoms with Gasteiger partial charge >= 0.3 is 11.9 Å². The zero-order chi connectivity index (χ0) is 9.72. The third-order valence-electron chi connectivity index (χ3n) is 1.02. The van der Waals surface area contributed by atoms with Gasteiger partial charge in [-0.05, 0) is 6.92 Å². The van der Waals surface area contributed by atoms with Crippen molar-refractivity contribution in [3.63, 3.8) is 0 Å². The Morgan fingerprint density at radius 3 is 2.50 bits per heavy atom. The molecule has 0 aromatic carbocycles. The molecule has 1 N–H and O–H groups in total. The number of alkyl halides is 1. The average molecular weight is 237 g/mol. The number of carboxylic acids is 1. The number of carbonyl (C=O) groups is 2. The first kappa shape index (κ1) is 11.2. The van der Waals surface area contributed by atoms with Crippen molar-refractivity contribution in [1.82, 2.24) is 0 Å². The van der Waals surface area contributed by atoms with Crippen LogP contribution in [0.4, 0.5) is 0 Å². The predicted octanol–water partition coefficient (Wildman–Crippen LogP) is 0.954. The van der Waals surface area contributed by atoms with Crippen molar-refractivity contribution in [2.75, 3.05) is 6.61 Å². The van der Waals surface area contributed by atoms with E-state index in [9.17, 15) is 9.59 Å². The Labute approximate surface area is 78.3 Å². The first-order valence-electron chi connectivity index (χ1n) is 3.17. The summed E-state index contributed by atoms with van der Waals surface area (Å²) in [6.07, 6.45) is 0. The summed E-state index contributed by atoms with van der Waals surface area (Å²) < 4.78 is 4.56. The summed E-state index contributed by atoms with van der Waals surface area (Å²) in [4.78, 5) is 20.5. The summed E-state index contributed by atoms with van der Waals surface area (Å²) in [5.74, 6) is -1.66. The highest BCUT2D eigenvalue weighted by molar-refractivity contribution is 9.10. The number of carboxylic acid groups (broad SMARTS) is 1. The molecule has 0 bridgehead atoms. The van der Waals surface area contributed by atoms with Gasteiger partial charge in [0, 0.05) is 0 Å². The summed E-state index contributed by atoms with van der Waals surface area (Å²) >= 11 is 2.98. The van der Waals surface area contributed by atoms with Crippen LogP contribution >= 0.6 is 15.9 Å². The molecule has 0 saturated heterocycles. The lowest BCUT2D eigenvalue weighted by molar-refractivity contribution is -0.142. The summed E-state index contributed by atoms with van der Waals surface area (Å²) in [5, 5.41) is 8.33. The number of rotatable bonds is 4. The van der Waals surface area contributed by atoms with Crippen molar-refractivity contribution in [2.45, 2.75) is 11.8 Å². The Morgan fingerprint density at radius 2 is 2.17 bits per heavy atom. The van der Waals surface area contributed by atoms with Gasteiger partial charge < -0.3 is 9.84 Å². The van der Waals surface area contributed by atoms with Gasteiger partial charge in [-0.1, -0.05) is 22.5 Å². The molecule has 0 rings (SSSR count). The highest BCUT2D eigenvalue weighted by Gasteiger charge is 2.12. The van der Waals surface area contributed by atoms with Crippen LogP contribution < -0.4 is 0 Å². The molecule has 4 nitrogen and oxygen atoms in total. The van der Waals surface area contributed by atoms with E-state index in [0.717, 1.165) is 0 Å². The van der Waals surface area contributed by atoms with E-state index >= 15 is 0 Å². The summed E-state index contributed by atoms with van der Waals surface area (Å²) in [7, 11) is 0. The van der Waals surface area contributed by atoms with Crippen molar-refractivity contribution in [3.8, 4) is 0 Å². The minimum Gasteiger partial charge on any atom is -0.478 e. The molecule has 1 unspecified atom stereocenters. The molecule has 0 heterocycles. The van der Waals surface area contributed by atoms with Gasteiger partial charge in [0.05, 0.1) is 5.57 Å². The fourth-order valence-electron chi connectivity index (χ4n) is 0.335. The van der Waals surface area contributed by atoms with Crippen LogP contribution in [-0.4, -0.2) is 28.5 Å². The molecule has 5 heteroatoms. The smallest absolute Gasteiger partial charge is 0.334 e. The summed E-state index contributed by atoms with van der Waals surface area (Å²) in [6.45, 7) is 4.51. The third kappa shape index (κ3) is 4.12. The number of esters is 1. The molecule has 0 spiro atoms. The van der Waals surface area contributed by atoms with Gasteiger partial charge in [-0.15, -0.1) is 0 Å². The van der Waals surface area contributed by atoms with Gasteiger partial charge in [-0.3, -0.25) is 4.79 Å². The first-order chi connectivity index (χ1) is 5.45. The molecule has 12 heavy (non-hydrogen) atoms. The Kier molecular flexibility index (Phi) is 4.58. The van der Waals surface area contributed by atoms with Crippen molar-refractivity contribution in [1.29, 1.82) is 0 Å². The van der Waals surface area contributed by atoms with E-state index < -0.39 is 16.8 Å². The van der Waals surface area contributed by atoms with Crippen molar-refractivity contribution in [2.24, 2.45) is 0 Å². The maximum absolute atomic E-state index is 10.8. The Balaban J connectivity index is 3.77. The van der Waals surface area contributed by atoms with Gasteiger partial charge in [0.25, 0.3) is 0 Å². The molecule has 0 fully saturated rings. The SMILES string of the molecule is C=C(COC(=O)C(C)Br)C(=O)O. The van der Waals surface area contributed by atoms with Gasteiger partial charge in [0.15, 0.2) is 0 Å². The molecular weight excluding hydrogens is 228 g/mol. The molecule has 0 saturated carbocycles. The molecule has 0 aliphatic rings. The highest BCUT2D eigenvalue weighted by atomic mass is 79.9. The van der Waals surface area contributed by atoms with Crippen LogP contribution in [0.1, 0.15) is 6.92 Å². The number of hydrogen-bond acceptors (Lipinski definition) is 3. The van der Waals surface area contributed by atoms with Crippen LogP contribution in [0.2, 0.25) is 0 Å². The lowest BCUT2D eigenvalue weighted by Gasteiger charge is -2.04. The minimum atomic E-state index is -1.16. The molecule has 0 aromatic heterocycles. The van der Waals surface area contributed by atoms with Crippen LogP contribution in [0.25, 0.3) is 0 Å². The van der Waals surface area contributed by atoms with E-state index in [-0.39, 0.29) is 12.2 Å². The van der Waals surface area contributed by atoms with E-state index in [1.54, 1.807) is 6.92 Å². The molecule has 0 aliphatic carbocycles. The fraction of sp³-hybridized carbons (Fsp3) is 0.429. The molecule has 68 valence electrons. The highest BCUT2D eigenvalue weighted by Crippen LogP contribution is 2.01. The van der Waals surface area contributed by atoms with Crippen LogP contribution in [-0.2, 0) is 14.3 Å². The van der Waals surface area contributed by atoms with Gasteiger partial charge in [0.2, 0.25) is 0 Å². The summed E-state index contributed by atoms with van der Waals surface area (Å²) in [6, 6.07) is 0. The molecule has 0 aliphatic heterocycles. The number of halogens is 1. The zero-order valence-electron chi connectivity index (χ0n) is 6.54. The quantitative estimate of drug-likeness (QED) is 0.449. The largest absolute Gasteiger partial charge is 0.478 e. The lowest BCUT2D eigenvalue weighted by Crippen LogP contribution is -2.17. The molecule has 0 radical (unpaired) electrons. The molecule has 1 atom stereocenters. The topological polar surface area (TPSA) is 63.6 Å². The zero-order valence-corrected chi connectivity index (χ0v) is 8.13. The normalized spacial score (nSPS) is 11.8. The maximum atomic E-state index is 10.8. The number of hydrogen-bond donors (Lipinski definition) is 1. The van der Waals surface area contributed by atoms with E-state index in [0.29, 0.717) is 0 Å². The van der Waals surface area contributed by atoms with E-state index in [2.05, 4.69) is 27.2 Å². The third-order valence-corrected chi connectivity index (χ3v) is 1.39. The van der Waals surface area contributed by atoms with E-state index in [1.807, 2.05) is 0 Å². The fourth-order valence-corrected chi connectivity index (χ4v) is 0.467. The Morgan fingerprint density at radius 1 is 1.67 bits per heavy atom. The number of carbonyl (C=O) groups excluding carboxylic acids is 1. The van der Waals surface area contributed by atoms with Crippen LogP contribution in [0, 0.1) is 0 Å². The van der Waals surface area contributed by atoms with E-state index in [1.165, 1.54) is 0 Å². The average Bonchev–Trinajstić information content (AvgIpc) is 1.98.